The van der Waals surface area contributed by atoms with E-state index < -0.39 is 12.7 Å². The first-order valence-corrected chi connectivity index (χ1v) is 7.66. The van der Waals surface area contributed by atoms with Crippen molar-refractivity contribution in [1.82, 2.24) is 15.5 Å². The molecule has 0 aliphatic carbocycles. The maximum Gasteiger partial charge on any atom is 0.401 e. The summed E-state index contributed by atoms with van der Waals surface area (Å²) in [6, 6.07) is 0. The van der Waals surface area contributed by atoms with Crippen LogP contribution in [0.25, 0.3) is 0 Å². The smallest absolute Gasteiger partial charge is 0.381 e. The zero-order chi connectivity index (χ0) is 16.8. The van der Waals surface area contributed by atoms with Gasteiger partial charge in [-0.15, -0.1) is 24.0 Å². The fourth-order valence-corrected chi connectivity index (χ4v) is 1.70. The molecule has 0 bridgehead atoms. The molecule has 0 aliphatic heterocycles. The number of rotatable bonds is 11. The second kappa shape index (κ2) is 15.3. The third-order valence-corrected chi connectivity index (χ3v) is 2.86. The predicted molar refractivity (Wildman–Crippen MR) is 98.7 cm³/mol. The fraction of sp³-hybridized carbons (Fsp3) is 0.929. The highest BCUT2D eigenvalue weighted by atomic mass is 127. The molecule has 0 radical (unpaired) electrons. The Balaban J connectivity index is 0. The average molecular weight is 454 g/mol. The van der Waals surface area contributed by atoms with Crippen molar-refractivity contribution in [2.75, 3.05) is 53.5 Å². The van der Waals surface area contributed by atoms with E-state index in [1.165, 1.54) is 11.9 Å². The molecule has 0 fully saturated rings. The molecule has 2 N–H and O–H groups in total. The topological polar surface area (TPSA) is 48.9 Å². The van der Waals surface area contributed by atoms with Gasteiger partial charge in [0.1, 0.15) is 0 Å². The van der Waals surface area contributed by atoms with Crippen LogP contribution in [-0.2, 0) is 4.74 Å². The van der Waals surface area contributed by atoms with Crippen LogP contribution in [0.15, 0.2) is 4.99 Å². The van der Waals surface area contributed by atoms with Crippen molar-refractivity contribution in [2.45, 2.75) is 32.4 Å². The molecule has 0 spiro atoms. The highest BCUT2D eigenvalue weighted by molar-refractivity contribution is 14.0. The van der Waals surface area contributed by atoms with E-state index in [9.17, 15) is 13.2 Å². The van der Waals surface area contributed by atoms with Crippen LogP contribution in [-0.4, -0.2) is 70.5 Å². The molecule has 0 amide bonds. The van der Waals surface area contributed by atoms with Gasteiger partial charge in [-0.3, -0.25) is 9.89 Å². The lowest BCUT2D eigenvalue weighted by molar-refractivity contribution is -0.142. The van der Waals surface area contributed by atoms with Gasteiger partial charge in [-0.1, -0.05) is 13.3 Å². The molecule has 0 aromatic rings. The Bertz CT molecular complexity index is 304. The van der Waals surface area contributed by atoms with Gasteiger partial charge in [0.2, 0.25) is 0 Å². The molecule has 0 aromatic heterocycles. The Morgan fingerprint density at radius 3 is 2.30 bits per heavy atom. The fourth-order valence-electron chi connectivity index (χ4n) is 1.70. The van der Waals surface area contributed by atoms with Gasteiger partial charge in [-0.2, -0.15) is 13.2 Å². The van der Waals surface area contributed by atoms with Gasteiger partial charge in [-0.25, -0.2) is 0 Å². The molecular weight excluding hydrogens is 424 g/mol. The third kappa shape index (κ3) is 17.9. The third-order valence-electron chi connectivity index (χ3n) is 2.86. The Morgan fingerprint density at radius 1 is 1.13 bits per heavy atom. The van der Waals surface area contributed by atoms with E-state index in [1.807, 2.05) is 0 Å². The van der Waals surface area contributed by atoms with Gasteiger partial charge in [-0.05, 0) is 19.9 Å². The van der Waals surface area contributed by atoms with Gasteiger partial charge >= 0.3 is 6.18 Å². The number of likely N-dealkylation sites (N-methyl/N-ethyl adjacent to an activating group) is 1. The van der Waals surface area contributed by atoms with Crippen molar-refractivity contribution in [2.24, 2.45) is 4.99 Å². The molecule has 0 heterocycles. The van der Waals surface area contributed by atoms with Gasteiger partial charge < -0.3 is 15.4 Å². The minimum absolute atomic E-state index is 0. The first-order chi connectivity index (χ1) is 10.4. The first kappa shape index (κ1) is 25.0. The zero-order valence-corrected chi connectivity index (χ0v) is 16.5. The average Bonchev–Trinajstić information content (AvgIpc) is 2.42. The van der Waals surface area contributed by atoms with Crippen LogP contribution in [0.3, 0.4) is 0 Å². The Kier molecular flexibility index (Phi) is 16.5. The summed E-state index contributed by atoms with van der Waals surface area (Å²) >= 11 is 0. The van der Waals surface area contributed by atoms with Crippen molar-refractivity contribution in [1.29, 1.82) is 0 Å². The maximum atomic E-state index is 12.2. The minimum atomic E-state index is -4.16. The van der Waals surface area contributed by atoms with E-state index in [4.69, 9.17) is 4.74 Å². The lowest BCUT2D eigenvalue weighted by Crippen LogP contribution is -2.42. The summed E-state index contributed by atoms with van der Waals surface area (Å²) in [6.45, 7) is 4.10. The second-order valence-electron chi connectivity index (χ2n) is 5.10. The van der Waals surface area contributed by atoms with Gasteiger partial charge in [0, 0.05) is 39.9 Å². The quantitative estimate of drug-likeness (QED) is 0.218. The summed E-state index contributed by atoms with van der Waals surface area (Å²) in [4.78, 5) is 5.24. The number of hydrogen-bond acceptors (Lipinski definition) is 3. The summed E-state index contributed by atoms with van der Waals surface area (Å²) < 4.78 is 41.9. The number of nitrogens with zero attached hydrogens (tertiary/aromatic N) is 2. The molecule has 0 aliphatic rings. The number of nitrogens with one attached hydrogen (secondary N) is 2. The van der Waals surface area contributed by atoms with E-state index in [0.29, 0.717) is 32.2 Å². The van der Waals surface area contributed by atoms with Crippen LogP contribution in [0.1, 0.15) is 26.2 Å². The molecule has 9 heteroatoms. The van der Waals surface area contributed by atoms with Gasteiger partial charge in [0.05, 0.1) is 6.54 Å². The van der Waals surface area contributed by atoms with Gasteiger partial charge in [0.25, 0.3) is 0 Å². The Hall–Kier alpha value is -0.290. The van der Waals surface area contributed by atoms with Crippen molar-refractivity contribution < 1.29 is 17.9 Å². The SMILES string of the molecule is CCCCOCCCNC(=NC)NCCN(C)CC(F)(F)F.I. The second-order valence-corrected chi connectivity index (χ2v) is 5.10. The molecule has 0 unspecified atom stereocenters. The van der Waals surface area contributed by atoms with Crippen molar-refractivity contribution >= 4 is 29.9 Å². The molecular formula is C14H30F3IN4O. The van der Waals surface area contributed by atoms with Gasteiger partial charge in [0.15, 0.2) is 5.96 Å². The molecule has 0 saturated carbocycles. The van der Waals surface area contributed by atoms with Crippen molar-refractivity contribution in [3.8, 4) is 0 Å². The lowest BCUT2D eigenvalue weighted by atomic mass is 10.4. The summed E-state index contributed by atoms with van der Waals surface area (Å²) in [5, 5.41) is 6.09. The number of halogens is 4. The molecule has 23 heavy (non-hydrogen) atoms. The predicted octanol–water partition coefficient (Wildman–Crippen LogP) is 2.47. The zero-order valence-electron chi connectivity index (χ0n) is 14.2. The molecule has 5 nitrogen and oxygen atoms in total. The highest BCUT2D eigenvalue weighted by Gasteiger charge is 2.28. The number of unbranched alkanes of at least 4 members (excludes halogenated alkanes) is 1. The Labute approximate surface area is 154 Å². The summed E-state index contributed by atoms with van der Waals surface area (Å²) in [5.74, 6) is 0.592. The summed E-state index contributed by atoms with van der Waals surface area (Å²) in [7, 11) is 3.07. The number of hydrogen-bond donors (Lipinski definition) is 2. The van der Waals surface area contributed by atoms with Crippen LogP contribution in [0.4, 0.5) is 13.2 Å². The van der Waals surface area contributed by atoms with Crippen LogP contribution < -0.4 is 10.6 Å². The maximum absolute atomic E-state index is 12.2. The monoisotopic (exact) mass is 454 g/mol. The highest BCUT2D eigenvalue weighted by Crippen LogP contribution is 2.14. The largest absolute Gasteiger partial charge is 0.401 e. The van der Waals surface area contributed by atoms with E-state index in [2.05, 4.69) is 22.5 Å². The van der Waals surface area contributed by atoms with E-state index >= 15 is 0 Å². The van der Waals surface area contributed by atoms with Crippen LogP contribution in [0, 0.1) is 0 Å². The normalized spacial score (nSPS) is 12.2. The number of guanidine groups is 1. The lowest BCUT2D eigenvalue weighted by Gasteiger charge is -2.19. The summed E-state index contributed by atoms with van der Waals surface area (Å²) in [5.41, 5.74) is 0. The van der Waals surface area contributed by atoms with Crippen molar-refractivity contribution in [3.63, 3.8) is 0 Å². The first-order valence-electron chi connectivity index (χ1n) is 7.66. The van der Waals surface area contributed by atoms with Crippen LogP contribution in [0.2, 0.25) is 0 Å². The van der Waals surface area contributed by atoms with E-state index in [-0.39, 0.29) is 24.0 Å². The molecule has 0 rings (SSSR count). The number of alkyl halides is 3. The van der Waals surface area contributed by atoms with E-state index in [0.717, 1.165) is 25.9 Å². The van der Waals surface area contributed by atoms with E-state index in [1.54, 1.807) is 7.05 Å². The molecule has 0 saturated heterocycles. The number of aliphatic imine (C=N–C) groups is 1. The Morgan fingerprint density at radius 2 is 1.74 bits per heavy atom. The van der Waals surface area contributed by atoms with Crippen LogP contribution in [0.5, 0.6) is 0 Å². The minimum Gasteiger partial charge on any atom is -0.381 e. The molecule has 0 aromatic carbocycles. The summed E-state index contributed by atoms with van der Waals surface area (Å²) in [6.07, 6.45) is -1.11. The van der Waals surface area contributed by atoms with Crippen LogP contribution >= 0.6 is 24.0 Å². The molecule has 140 valence electrons. The molecule has 0 atom stereocenters. The number of ether oxygens (including phenoxy) is 1. The standard InChI is InChI=1S/C14H29F3N4O.HI/c1-4-5-10-22-11-6-7-19-13(18-2)20-8-9-21(3)12-14(15,16)17;/h4-12H2,1-3H3,(H2,18,19,20);1H. The van der Waals surface area contributed by atoms with Crippen molar-refractivity contribution in [3.05, 3.63) is 0 Å².